The summed E-state index contributed by atoms with van der Waals surface area (Å²) in [6, 6.07) is 1.86. The molecule has 1 amide bonds. The molecule has 1 aromatic rings. The van der Waals surface area contributed by atoms with E-state index in [4.69, 9.17) is 10.8 Å². The number of fused-ring (bicyclic) bond motifs is 1. The third-order valence-corrected chi connectivity index (χ3v) is 4.60. The number of carboxylic acids is 1. The number of nitrogens with two attached hydrogens (primary N) is 1. The summed E-state index contributed by atoms with van der Waals surface area (Å²) in [5.41, 5.74) is 8.08. The van der Waals surface area contributed by atoms with Gasteiger partial charge in [0.15, 0.2) is 0 Å². The zero-order valence-corrected chi connectivity index (χ0v) is 12.0. The summed E-state index contributed by atoms with van der Waals surface area (Å²) in [5.74, 6) is -0.915. The van der Waals surface area contributed by atoms with E-state index in [2.05, 4.69) is 4.98 Å². The zero-order valence-electron chi connectivity index (χ0n) is 12.0. The van der Waals surface area contributed by atoms with Crippen LogP contribution in [0.4, 0.5) is 5.82 Å². The van der Waals surface area contributed by atoms with Crippen molar-refractivity contribution >= 4 is 17.7 Å². The van der Waals surface area contributed by atoms with Gasteiger partial charge in [0, 0.05) is 24.7 Å². The number of anilines is 1. The highest BCUT2D eigenvalue weighted by molar-refractivity contribution is 5.98. The molecular formula is C15H19N3O3. The van der Waals surface area contributed by atoms with Crippen LogP contribution >= 0.6 is 0 Å². The van der Waals surface area contributed by atoms with Crippen molar-refractivity contribution in [3.8, 4) is 0 Å². The summed E-state index contributed by atoms with van der Waals surface area (Å²) in [5, 5.41) is 9.04. The van der Waals surface area contributed by atoms with Crippen LogP contribution in [0.2, 0.25) is 0 Å². The fraction of sp³-hybridized carbons (Fsp3) is 0.533. The molecule has 0 radical (unpaired) electrons. The van der Waals surface area contributed by atoms with E-state index in [0.717, 1.165) is 30.5 Å². The number of aryl methyl sites for hydroxylation is 2. The number of aliphatic carboxylic acids is 1. The van der Waals surface area contributed by atoms with Crippen LogP contribution in [0.15, 0.2) is 6.07 Å². The standard InChI is InChI=1S/C15H19N3O3/c1-8(15(20)21)10-6-18(7-10)14-11(13(16)19)5-9-3-2-4-12(9)17-14/h5,8,10H,2-4,6-7H2,1H3,(H2,16,19)(H,20,21). The number of carboxylic acid groups (broad SMARTS) is 1. The lowest BCUT2D eigenvalue weighted by Crippen LogP contribution is -2.52. The fourth-order valence-corrected chi connectivity index (χ4v) is 3.09. The van der Waals surface area contributed by atoms with Gasteiger partial charge in [-0.2, -0.15) is 0 Å². The van der Waals surface area contributed by atoms with Gasteiger partial charge in [0.25, 0.3) is 5.91 Å². The number of pyridine rings is 1. The van der Waals surface area contributed by atoms with Crippen molar-refractivity contribution in [2.45, 2.75) is 26.2 Å². The molecule has 6 nitrogen and oxygen atoms in total. The summed E-state index contributed by atoms with van der Waals surface area (Å²) < 4.78 is 0. The first kappa shape index (κ1) is 13.9. The molecule has 6 heteroatoms. The van der Waals surface area contributed by atoms with E-state index in [1.165, 1.54) is 0 Å². The molecule has 2 aliphatic rings. The Morgan fingerprint density at radius 2 is 2.14 bits per heavy atom. The molecule has 1 aliphatic carbocycles. The molecule has 0 aromatic carbocycles. The van der Waals surface area contributed by atoms with E-state index in [-0.39, 0.29) is 11.8 Å². The molecule has 0 bridgehead atoms. The topological polar surface area (TPSA) is 96.5 Å². The van der Waals surface area contributed by atoms with E-state index in [0.29, 0.717) is 24.5 Å². The minimum absolute atomic E-state index is 0.0956. The second kappa shape index (κ2) is 5.02. The highest BCUT2D eigenvalue weighted by atomic mass is 16.4. The van der Waals surface area contributed by atoms with Gasteiger partial charge in [-0.15, -0.1) is 0 Å². The molecule has 1 fully saturated rings. The number of primary amides is 1. The highest BCUT2D eigenvalue weighted by Gasteiger charge is 2.37. The Morgan fingerprint density at radius 3 is 2.76 bits per heavy atom. The van der Waals surface area contributed by atoms with E-state index in [1.54, 1.807) is 6.92 Å². The van der Waals surface area contributed by atoms with Crippen LogP contribution in [-0.4, -0.2) is 35.1 Å². The molecule has 1 unspecified atom stereocenters. The fourth-order valence-electron chi connectivity index (χ4n) is 3.09. The molecule has 1 saturated heterocycles. The van der Waals surface area contributed by atoms with Crippen molar-refractivity contribution in [1.29, 1.82) is 0 Å². The Labute approximate surface area is 123 Å². The van der Waals surface area contributed by atoms with Gasteiger partial charge in [-0.1, -0.05) is 6.92 Å². The van der Waals surface area contributed by atoms with Crippen LogP contribution in [0.5, 0.6) is 0 Å². The Balaban J connectivity index is 1.83. The lowest BCUT2D eigenvalue weighted by Gasteiger charge is -2.42. The van der Waals surface area contributed by atoms with Crippen molar-refractivity contribution in [2.75, 3.05) is 18.0 Å². The maximum absolute atomic E-state index is 11.7. The maximum atomic E-state index is 11.7. The summed E-state index contributed by atoms with van der Waals surface area (Å²) >= 11 is 0. The van der Waals surface area contributed by atoms with Gasteiger partial charge in [0.05, 0.1) is 11.5 Å². The number of carbonyl (C=O) groups is 2. The van der Waals surface area contributed by atoms with Crippen LogP contribution in [-0.2, 0) is 17.6 Å². The van der Waals surface area contributed by atoms with Crippen molar-refractivity contribution in [3.63, 3.8) is 0 Å². The highest BCUT2D eigenvalue weighted by Crippen LogP contribution is 2.33. The van der Waals surface area contributed by atoms with E-state index in [9.17, 15) is 9.59 Å². The Kier molecular flexibility index (Phi) is 3.31. The first-order valence-corrected chi connectivity index (χ1v) is 7.27. The van der Waals surface area contributed by atoms with Crippen LogP contribution in [0.3, 0.4) is 0 Å². The number of aromatic nitrogens is 1. The normalized spacial score (nSPS) is 19.0. The van der Waals surface area contributed by atoms with Crippen molar-refractivity contribution in [2.24, 2.45) is 17.6 Å². The molecule has 1 aromatic heterocycles. The van der Waals surface area contributed by atoms with Crippen LogP contribution in [0.1, 0.15) is 35.0 Å². The first-order chi connectivity index (χ1) is 9.97. The number of hydrogen-bond acceptors (Lipinski definition) is 4. The van der Waals surface area contributed by atoms with Gasteiger partial charge in [0.1, 0.15) is 5.82 Å². The maximum Gasteiger partial charge on any atom is 0.306 e. The summed E-state index contributed by atoms with van der Waals surface area (Å²) in [4.78, 5) is 29.2. The van der Waals surface area contributed by atoms with Gasteiger partial charge in [0.2, 0.25) is 0 Å². The number of hydrogen-bond donors (Lipinski definition) is 2. The van der Waals surface area contributed by atoms with Crippen molar-refractivity contribution in [3.05, 3.63) is 22.9 Å². The first-order valence-electron chi connectivity index (χ1n) is 7.27. The van der Waals surface area contributed by atoms with Gasteiger partial charge >= 0.3 is 5.97 Å². The van der Waals surface area contributed by atoms with Gasteiger partial charge in [-0.3, -0.25) is 9.59 Å². The predicted molar refractivity (Wildman–Crippen MR) is 77.3 cm³/mol. The number of nitrogens with zero attached hydrogens (tertiary/aromatic N) is 2. The monoisotopic (exact) mass is 289 g/mol. The third kappa shape index (κ3) is 2.34. The Morgan fingerprint density at radius 1 is 1.43 bits per heavy atom. The number of rotatable bonds is 4. The second-order valence-electron chi connectivity index (χ2n) is 5.98. The lowest BCUT2D eigenvalue weighted by molar-refractivity contribution is -0.143. The Hall–Kier alpha value is -2.11. The number of carbonyl (C=O) groups excluding carboxylic acids is 1. The second-order valence-corrected chi connectivity index (χ2v) is 5.98. The average Bonchev–Trinajstić information content (AvgIpc) is 2.82. The largest absolute Gasteiger partial charge is 0.481 e. The smallest absolute Gasteiger partial charge is 0.306 e. The summed E-state index contributed by atoms with van der Waals surface area (Å²) in [6.45, 7) is 2.94. The van der Waals surface area contributed by atoms with Gasteiger partial charge < -0.3 is 15.7 Å². The molecule has 0 saturated carbocycles. The van der Waals surface area contributed by atoms with Crippen LogP contribution in [0.25, 0.3) is 0 Å². The predicted octanol–water partition coefficient (Wildman–Crippen LogP) is 0.826. The van der Waals surface area contributed by atoms with Gasteiger partial charge in [-0.25, -0.2) is 4.98 Å². The van der Waals surface area contributed by atoms with Gasteiger partial charge in [-0.05, 0) is 30.9 Å². The molecular weight excluding hydrogens is 270 g/mol. The molecule has 1 aliphatic heterocycles. The van der Waals surface area contributed by atoms with E-state index >= 15 is 0 Å². The summed E-state index contributed by atoms with van der Waals surface area (Å²) in [6.07, 6.45) is 2.94. The molecule has 112 valence electrons. The molecule has 21 heavy (non-hydrogen) atoms. The van der Waals surface area contributed by atoms with Crippen molar-refractivity contribution in [1.82, 2.24) is 4.98 Å². The van der Waals surface area contributed by atoms with E-state index < -0.39 is 11.9 Å². The van der Waals surface area contributed by atoms with Crippen LogP contribution < -0.4 is 10.6 Å². The molecule has 2 heterocycles. The molecule has 3 N–H and O–H groups in total. The molecule has 1 atom stereocenters. The molecule has 0 spiro atoms. The summed E-state index contributed by atoms with van der Waals surface area (Å²) in [7, 11) is 0. The quantitative estimate of drug-likeness (QED) is 0.855. The minimum Gasteiger partial charge on any atom is -0.481 e. The Bertz CT molecular complexity index is 608. The number of amides is 1. The molecule has 3 rings (SSSR count). The zero-order chi connectivity index (χ0) is 15.1. The average molecular weight is 289 g/mol. The van der Waals surface area contributed by atoms with Crippen LogP contribution in [0, 0.1) is 11.8 Å². The SMILES string of the molecule is CC(C(=O)O)C1CN(c2nc3c(cc2C(N)=O)CCC3)C1. The lowest BCUT2D eigenvalue weighted by atomic mass is 9.87. The van der Waals surface area contributed by atoms with Crippen molar-refractivity contribution < 1.29 is 14.7 Å². The third-order valence-electron chi connectivity index (χ3n) is 4.60. The minimum atomic E-state index is -0.781. The van der Waals surface area contributed by atoms with E-state index in [1.807, 2.05) is 11.0 Å².